The van der Waals surface area contributed by atoms with Gasteiger partial charge in [0.2, 0.25) is 0 Å². The minimum Gasteiger partial charge on any atom is -0.383 e. The Morgan fingerprint density at radius 1 is 1.38 bits per heavy atom. The normalized spacial score (nSPS) is 17.1. The Morgan fingerprint density at radius 3 is 2.97 bits per heavy atom. The Morgan fingerprint density at radius 2 is 2.22 bits per heavy atom. The van der Waals surface area contributed by atoms with Gasteiger partial charge in [-0.15, -0.1) is 0 Å². The molecule has 4 rings (SSSR count). The second-order valence-corrected chi connectivity index (χ2v) is 8.32. The zero-order chi connectivity index (χ0) is 22.7. The summed E-state index contributed by atoms with van der Waals surface area (Å²) in [5, 5.41) is 3.25. The number of hydrogen-bond donors (Lipinski definition) is 1. The van der Waals surface area contributed by atoms with E-state index in [1.807, 2.05) is 10.6 Å². The molecule has 32 heavy (non-hydrogen) atoms. The van der Waals surface area contributed by atoms with Gasteiger partial charge in [-0.3, -0.25) is 4.79 Å². The Kier molecular flexibility index (Phi) is 7.05. The van der Waals surface area contributed by atoms with E-state index in [4.69, 9.17) is 21.1 Å². The zero-order valence-electron chi connectivity index (χ0n) is 18.1. The molecule has 1 aromatic carbocycles. The summed E-state index contributed by atoms with van der Waals surface area (Å²) >= 11 is 6.16. The van der Waals surface area contributed by atoms with Gasteiger partial charge in [0.05, 0.1) is 30.7 Å². The van der Waals surface area contributed by atoms with Crippen molar-refractivity contribution in [2.75, 3.05) is 47.0 Å². The van der Waals surface area contributed by atoms with Crippen LogP contribution in [0.1, 0.15) is 16.1 Å². The van der Waals surface area contributed by atoms with Crippen LogP contribution in [0.2, 0.25) is 5.02 Å². The van der Waals surface area contributed by atoms with Crippen molar-refractivity contribution in [3.63, 3.8) is 0 Å². The minimum atomic E-state index is -0.512. The molecule has 1 fully saturated rings. The molecule has 0 saturated carbocycles. The number of aromatic nitrogens is 2. The molecule has 3 heterocycles. The first kappa shape index (κ1) is 22.7. The highest BCUT2D eigenvalue weighted by molar-refractivity contribution is 6.30. The number of hydrogen-bond acceptors (Lipinski definition) is 5. The molecule has 1 saturated heterocycles. The number of benzene rings is 1. The third kappa shape index (κ3) is 4.94. The predicted molar refractivity (Wildman–Crippen MR) is 121 cm³/mol. The lowest BCUT2D eigenvalue weighted by Crippen LogP contribution is -2.41. The van der Waals surface area contributed by atoms with E-state index in [1.165, 1.54) is 6.07 Å². The van der Waals surface area contributed by atoms with Crippen molar-refractivity contribution in [2.24, 2.45) is 0 Å². The van der Waals surface area contributed by atoms with Crippen LogP contribution in [0, 0.1) is 5.82 Å². The molecule has 0 radical (unpaired) electrons. The van der Waals surface area contributed by atoms with E-state index >= 15 is 4.39 Å². The van der Waals surface area contributed by atoms with Gasteiger partial charge < -0.3 is 24.1 Å². The fraction of sp³-hybridized carbons (Fsp3) is 0.391. The highest BCUT2D eigenvalue weighted by Crippen LogP contribution is 2.30. The maximum atomic E-state index is 15.2. The van der Waals surface area contributed by atoms with Crippen LogP contribution in [-0.2, 0) is 15.9 Å². The van der Waals surface area contributed by atoms with E-state index in [2.05, 4.69) is 22.2 Å². The second-order valence-electron chi connectivity index (χ2n) is 7.88. The van der Waals surface area contributed by atoms with E-state index in [0.29, 0.717) is 48.1 Å². The van der Waals surface area contributed by atoms with Crippen molar-refractivity contribution < 1.29 is 18.7 Å². The lowest BCUT2D eigenvalue weighted by molar-refractivity contribution is -0.0190. The van der Waals surface area contributed by atoms with Crippen LogP contribution in [0.25, 0.3) is 16.9 Å². The number of nitrogens with one attached hydrogen (secondary N) is 1. The van der Waals surface area contributed by atoms with Gasteiger partial charge in [-0.2, -0.15) is 0 Å². The Labute approximate surface area is 191 Å². The molecule has 0 aliphatic carbocycles. The van der Waals surface area contributed by atoms with Gasteiger partial charge in [0.25, 0.3) is 5.91 Å². The number of fused-ring (bicyclic) bond motifs is 1. The molecule has 9 heteroatoms. The first-order chi connectivity index (χ1) is 15.5. The third-order valence-corrected chi connectivity index (χ3v) is 5.76. The molecule has 1 unspecified atom stereocenters. The summed E-state index contributed by atoms with van der Waals surface area (Å²) < 4.78 is 28.0. The topological polar surface area (TPSA) is 68.1 Å². The van der Waals surface area contributed by atoms with Crippen LogP contribution in [0.4, 0.5) is 4.39 Å². The number of nitrogens with zero attached hydrogens (tertiary/aromatic N) is 3. The molecule has 0 bridgehead atoms. The number of rotatable bonds is 7. The first-order valence-electron chi connectivity index (χ1n) is 10.5. The SMILES string of the molecule is COCCNC(=O)c1ccc(-c2nc3cc(Cl)ccn3c2CC2CN(C)CCO2)c(F)c1. The molecule has 1 atom stereocenters. The smallest absolute Gasteiger partial charge is 0.251 e. The highest BCUT2D eigenvalue weighted by atomic mass is 35.5. The lowest BCUT2D eigenvalue weighted by atomic mass is 10.0. The maximum absolute atomic E-state index is 15.2. The van der Waals surface area contributed by atoms with Gasteiger partial charge in [0.1, 0.15) is 11.5 Å². The van der Waals surface area contributed by atoms with E-state index < -0.39 is 5.82 Å². The number of halogens is 2. The van der Waals surface area contributed by atoms with Crippen LogP contribution < -0.4 is 5.32 Å². The van der Waals surface area contributed by atoms with Crippen molar-refractivity contribution >= 4 is 23.2 Å². The molecule has 1 aliphatic rings. The van der Waals surface area contributed by atoms with E-state index in [9.17, 15) is 4.79 Å². The van der Waals surface area contributed by atoms with Crippen LogP contribution in [0.5, 0.6) is 0 Å². The molecule has 1 N–H and O–H groups in total. The summed E-state index contributed by atoms with van der Waals surface area (Å²) in [5.41, 5.74) is 2.57. The van der Waals surface area contributed by atoms with Crippen molar-refractivity contribution in [1.82, 2.24) is 19.6 Å². The molecular formula is C23H26ClFN4O3. The number of likely N-dealkylation sites (N-methyl/N-ethyl adjacent to an activating group) is 1. The van der Waals surface area contributed by atoms with Crippen molar-refractivity contribution in [3.05, 3.63) is 58.6 Å². The van der Waals surface area contributed by atoms with Crippen molar-refractivity contribution in [3.8, 4) is 11.3 Å². The molecular weight excluding hydrogens is 435 g/mol. The van der Waals surface area contributed by atoms with Gasteiger partial charge in [0, 0.05) is 61.6 Å². The molecule has 170 valence electrons. The fourth-order valence-electron chi connectivity index (χ4n) is 3.90. The number of ether oxygens (including phenoxy) is 2. The third-order valence-electron chi connectivity index (χ3n) is 5.53. The average molecular weight is 461 g/mol. The number of amides is 1. The summed E-state index contributed by atoms with van der Waals surface area (Å²) in [7, 11) is 3.61. The number of carbonyl (C=O) groups is 1. The van der Waals surface area contributed by atoms with Gasteiger partial charge in [-0.1, -0.05) is 11.6 Å². The molecule has 2 aromatic heterocycles. The second kappa shape index (κ2) is 9.95. The van der Waals surface area contributed by atoms with E-state index in [-0.39, 0.29) is 17.6 Å². The quantitative estimate of drug-likeness (QED) is 0.549. The lowest BCUT2D eigenvalue weighted by Gasteiger charge is -2.30. The molecule has 7 nitrogen and oxygen atoms in total. The largest absolute Gasteiger partial charge is 0.383 e. The number of methoxy groups -OCH3 is 1. The van der Waals surface area contributed by atoms with Gasteiger partial charge in [0.15, 0.2) is 0 Å². The summed E-state index contributed by atoms with van der Waals surface area (Å²) in [6, 6.07) is 7.97. The molecule has 3 aromatic rings. The number of imidazole rings is 1. The summed E-state index contributed by atoms with van der Waals surface area (Å²) in [5.74, 6) is -0.866. The molecule has 1 aliphatic heterocycles. The van der Waals surface area contributed by atoms with Crippen LogP contribution in [-0.4, -0.2) is 73.3 Å². The van der Waals surface area contributed by atoms with Crippen LogP contribution in [0.3, 0.4) is 0 Å². The Balaban J connectivity index is 1.69. The van der Waals surface area contributed by atoms with Gasteiger partial charge >= 0.3 is 0 Å². The van der Waals surface area contributed by atoms with E-state index in [0.717, 1.165) is 18.8 Å². The van der Waals surface area contributed by atoms with Crippen molar-refractivity contribution in [2.45, 2.75) is 12.5 Å². The van der Waals surface area contributed by atoms with Gasteiger partial charge in [-0.25, -0.2) is 9.37 Å². The summed E-state index contributed by atoms with van der Waals surface area (Å²) in [6.07, 6.45) is 2.38. The predicted octanol–water partition coefficient (Wildman–Crippen LogP) is 3.04. The van der Waals surface area contributed by atoms with E-state index in [1.54, 1.807) is 31.4 Å². The van der Waals surface area contributed by atoms with Crippen LogP contribution >= 0.6 is 11.6 Å². The highest BCUT2D eigenvalue weighted by Gasteiger charge is 2.24. The maximum Gasteiger partial charge on any atom is 0.251 e. The molecule has 1 amide bonds. The molecule has 0 spiro atoms. The summed E-state index contributed by atoms with van der Waals surface area (Å²) in [6.45, 7) is 3.06. The average Bonchev–Trinajstić information content (AvgIpc) is 3.10. The fourth-order valence-corrected chi connectivity index (χ4v) is 4.06. The number of morpholine rings is 1. The minimum absolute atomic E-state index is 0.0306. The summed E-state index contributed by atoms with van der Waals surface area (Å²) in [4.78, 5) is 19.2. The van der Waals surface area contributed by atoms with Crippen molar-refractivity contribution in [1.29, 1.82) is 0 Å². The number of pyridine rings is 1. The standard InChI is InChI=1S/C23H26ClFN4O3/c1-28-8-10-32-17(14-28)13-20-22(27-21-12-16(24)5-7-29(20)21)18-4-3-15(11-19(18)25)23(30)26-6-9-31-2/h3-5,7,11-12,17H,6,8-10,13-14H2,1-2H3,(H,26,30). The Bertz CT molecular complexity index is 1120. The van der Waals surface area contributed by atoms with Gasteiger partial charge in [-0.05, 0) is 31.3 Å². The Hall–Kier alpha value is -2.52. The zero-order valence-corrected chi connectivity index (χ0v) is 18.9. The number of carbonyl (C=O) groups excluding carboxylic acids is 1. The monoisotopic (exact) mass is 460 g/mol. The van der Waals surface area contributed by atoms with Crippen LogP contribution in [0.15, 0.2) is 36.5 Å². The first-order valence-corrected chi connectivity index (χ1v) is 10.9.